The van der Waals surface area contributed by atoms with E-state index in [1.807, 2.05) is 12.4 Å². The molecule has 0 bridgehead atoms. The average Bonchev–Trinajstić information content (AvgIpc) is 2.78. The van der Waals surface area contributed by atoms with Crippen molar-refractivity contribution in [2.24, 2.45) is 0 Å². The summed E-state index contributed by atoms with van der Waals surface area (Å²) in [6, 6.07) is 8.99. The fourth-order valence-electron chi connectivity index (χ4n) is 4.34. The molecule has 1 aromatic heterocycles. The van der Waals surface area contributed by atoms with Crippen LogP contribution >= 0.6 is 0 Å². The highest BCUT2D eigenvalue weighted by molar-refractivity contribution is 6.69. The Hall–Kier alpha value is -1.52. The summed E-state index contributed by atoms with van der Waals surface area (Å²) in [4.78, 5) is 9.23. The summed E-state index contributed by atoms with van der Waals surface area (Å²) in [6.45, 7) is 11.2. The van der Waals surface area contributed by atoms with Crippen molar-refractivity contribution in [1.29, 1.82) is 0 Å². The van der Waals surface area contributed by atoms with Crippen molar-refractivity contribution in [3.8, 4) is 11.1 Å². The Labute approximate surface area is 204 Å². The third-order valence-corrected chi connectivity index (χ3v) is 7.24. The van der Waals surface area contributed by atoms with Gasteiger partial charge in [0.1, 0.15) is 5.82 Å². The lowest BCUT2D eigenvalue weighted by Crippen LogP contribution is -2.30. The Morgan fingerprint density at radius 3 is 1.91 bits per heavy atom. The molecule has 0 saturated carbocycles. The third-order valence-electron chi connectivity index (χ3n) is 6.13. The molecule has 0 aliphatic carbocycles. The van der Waals surface area contributed by atoms with Gasteiger partial charge < -0.3 is 4.43 Å². The Kier molecular flexibility index (Phi) is 12.9. The summed E-state index contributed by atoms with van der Waals surface area (Å²) >= 11 is 0. The van der Waals surface area contributed by atoms with Gasteiger partial charge in [-0.25, -0.2) is 9.97 Å². The Balaban J connectivity index is 1.66. The number of aryl methyl sites for hydroxylation is 2. The number of unbranched alkanes of at least 4 members (excludes halogenated alkanes) is 8. The van der Waals surface area contributed by atoms with Crippen LogP contribution in [0, 0.1) is 0 Å². The number of aromatic nitrogens is 2. The van der Waals surface area contributed by atoms with E-state index in [2.05, 4.69) is 67.7 Å². The van der Waals surface area contributed by atoms with Crippen molar-refractivity contribution >= 4 is 8.32 Å². The largest absolute Gasteiger partial charge is 0.415 e. The molecule has 1 atom stereocenters. The second kappa shape index (κ2) is 15.4. The number of rotatable bonds is 17. The zero-order valence-corrected chi connectivity index (χ0v) is 23.0. The van der Waals surface area contributed by atoms with Gasteiger partial charge in [-0.1, -0.05) is 82.6 Å². The first-order valence-corrected chi connectivity index (χ1v) is 16.9. The van der Waals surface area contributed by atoms with Crippen LogP contribution in [0.15, 0.2) is 36.7 Å². The lowest BCUT2D eigenvalue weighted by atomic mass is 10.0. The maximum Gasteiger partial charge on any atom is 0.184 e. The molecule has 0 amide bonds. The van der Waals surface area contributed by atoms with Gasteiger partial charge in [0, 0.05) is 30.5 Å². The van der Waals surface area contributed by atoms with Crippen molar-refractivity contribution in [1.82, 2.24) is 9.97 Å². The van der Waals surface area contributed by atoms with Gasteiger partial charge in [0.25, 0.3) is 0 Å². The summed E-state index contributed by atoms with van der Waals surface area (Å²) in [5.41, 5.74) is 3.75. The van der Waals surface area contributed by atoms with Gasteiger partial charge in [-0.15, -0.1) is 0 Å². The molecule has 3 nitrogen and oxygen atoms in total. The summed E-state index contributed by atoms with van der Waals surface area (Å²) in [5, 5.41) is 0. The predicted octanol–water partition coefficient (Wildman–Crippen LogP) is 8.78. The highest BCUT2D eigenvalue weighted by Gasteiger charge is 2.17. The van der Waals surface area contributed by atoms with E-state index in [1.54, 1.807) is 0 Å². The maximum absolute atomic E-state index is 6.12. The summed E-state index contributed by atoms with van der Waals surface area (Å²) in [7, 11) is -1.43. The molecular formula is C29H48N2OSi. The van der Waals surface area contributed by atoms with Crippen molar-refractivity contribution in [3.05, 3.63) is 48.0 Å². The highest BCUT2D eigenvalue weighted by atomic mass is 28.4. The molecule has 33 heavy (non-hydrogen) atoms. The summed E-state index contributed by atoms with van der Waals surface area (Å²) in [6.07, 6.45) is 20.8. The Morgan fingerprint density at radius 2 is 1.30 bits per heavy atom. The van der Waals surface area contributed by atoms with E-state index in [9.17, 15) is 0 Å². The molecule has 184 valence electrons. The van der Waals surface area contributed by atoms with Crippen LogP contribution < -0.4 is 0 Å². The number of hydrogen-bond donors (Lipinski definition) is 0. The van der Waals surface area contributed by atoms with E-state index in [1.165, 1.54) is 68.9 Å². The molecule has 1 aromatic carbocycles. The SMILES string of the molecule is CCCCCCCCCCc1ccc(-c2cnc(CCCCC(C)O[Si](C)(C)C)nc2)cc1. The molecule has 0 saturated heterocycles. The molecule has 1 heterocycles. The van der Waals surface area contributed by atoms with Gasteiger partial charge in [0.2, 0.25) is 0 Å². The molecule has 2 rings (SSSR count). The molecule has 2 aromatic rings. The van der Waals surface area contributed by atoms with Crippen molar-refractivity contribution in [2.45, 2.75) is 123 Å². The highest BCUT2D eigenvalue weighted by Crippen LogP contribution is 2.20. The van der Waals surface area contributed by atoms with Gasteiger partial charge in [0.05, 0.1) is 0 Å². The molecule has 0 fully saturated rings. The van der Waals surface area contributed by atoms with Crippen LogP contribution in [0.2, 0.25) is 19.6 Å². The molecule has 0 aliphatic rings. The smallest absolute Gasteiger partial charge is 0.184 e. The van der Waals surface area contributed by atoms with Crippen LogP contribution in [0.4, 0.5) is 0 Å². The van der Waals surface area contributed by atoms with Crippen LogP contribution in [0.3, 0.4) is 0 Å². The molecule has 0 aliphatic heterocycles. The fourth-order valence-corrected chi connectivity index (χ4v) is 5.66. The van der Waals surface area contributed by atoms with Gasteiger partial charge in [-0.2, -0.15) is 0 Å². The summed E-state index contributed by atoms with van der Waals surface area (Å²) < 4.78 is 6.12. The maximum atomic E-state index is 6.12. The van der Waals surface area contributed by atoms with E-state index in [0.29, 0.717) is 6.10 Å². The zero-order valence-electron chi connectivity index (χ0n) is 22.0. The van der Waals surface area contributed by atoms with Crippen molar-refractivity contribution in [2.75, 3.05) is 0 Å². The Morgan fingerprint density at radius 1 is 0.727 bits per heavy atom. The van der Waals surface area contributed by atoms with Crippen LogP contribution in [-0.2, 0) is 17.3 Å². The standard InChI is InChI=1S/C29H48N2OSi/c1-6-7-8-9-10-11-12-13-17-26-19-21-27(22-20-26)28-23-30-29(31-24-28)18-15-14-16-25(2)32-33(3,4)5/h19-25H,6-18H2,1-5H3. The first-order valence-electron chi connectivity index (χ1n) is 13.5. The zero-order chi connectivity index (χ0) is 23.9. The average molecular weight is 469 g/mol. The second-order valence-corrected chi connectivity index (χ2v) is 15.1. The van der Waals surface area contributed by atoms with Crippen LogP contribution in [-0.4, -0.2) is 24.4 Å². The normalized spacial score (nSPS) is 12.8. The van der Waals surface area contributed by atoms with E-state index in [4.69, 9.17) is 4.43 Å². The quantitative estimate of drug-likeness (QED) is 0.172. The van der Waals surface area contributed by atoms with Crippen molar-refractivity contribution in [3.63, 3.8) is 0 Å². The third kappa shape index (κ3) is 12.5. The molecule has 4 heteroatoms. The van der Waals surface area contributed by atoms with Gasteiger partial charge >= 0.3 is 0 Å². The monoisotopic (exact) mass is 468 g/mol. The molecule has 1 unspecified atom stereocenters. The number of nitrogens with zero attached hydrogens (tertiary/aromatic N) is 2. The van der Waals surface area contributed by atoms with E-state index >= 15 is 0 Å². The minimum Gasteiger partial charge on any atom is -0.415 e. The molecular weight excluding hydrogens is 420 g/mol. The molecule has 0 N–H and O–H groups in total. The van der Waals surface area contributed by atoms with Gasteiger partial charge in [0.15, 0.2) is 8.32 Å². The second-order valence-electron chi connectivity index (χ2n) is 10.6. The fraction of sp³-hybridized carbons (Fsp3) is 0.655. The minimum absolute atomic E-state index is 0.360. The van der Waals surface area contributed by atoms with Crippen LogP contribution in [0.1, 0.15) is 95.9 Å². The first-order chi connectivity index (χ1) is 15.9. The number of hydrogen-bond acceptors (Lipinski definition) is 3. The van der Waals surface area contributed by atoms with Crippen LogP contribution in [0.25, 0.3) is 11.1 Å². The molecule has 0 spiro atoms. The Bertz CT molecular complexity index is 753. The predicted molar refractivity (Wildman–Crippen MR) is 145 cm³/mol. The van der Waals surface area contributed by atoms with E-state index < -0.39 is 8.32 Å². The molecule has 0 radical (unpaired) electrons. The minimum atomic E-state index is -1.43. The van der Waals surface area contributed by atoms with E-state index in [-0.39, 0.29) is 0 Å². The van der Waals surface area contributed by atoms with Gasteiger partial charge in [-0.05, 0) is 63.4 Å². The van der Waals surface area contributed by atoms with Gasteiger partial charge in [-0.3, -0.25) is 0 Å². The summed E-state index contributed by atoms with van der Waals surface area (Å²) in [5.74, 6) is 0.948. The topological polar surface area (TPSA) is 35.0 Å². The van der Waals surface area contributed by atoms with E-state index in [0.717, 1.165) is 37.1 Å². The number of benzene rings is 1. The van der Waals surface area contributed by atoms with Crippen molar-refractivity contribution < 1.29 is 4.43 Å². The first kappa shape index (κ1) is 27.7. The lowest BCUT2D eigenvalue weighted by Gasteiger charge is -2.23. The lowest BCUT2D eigenvalue weighted by molar-refractivity contribution is 0.199. The van der Waals surface area contributed by atoms with Crippen LogP contribution in [0.5, 0.6) is 0 Å².